The van der Waals surface area contributed by atoms with Crippen LogP contribution in [0.3, 0.4) is 0 Å². The third kappa shape index (κ3) is 27.5. The maximum atomic E-state index is 15.1. The number of hydrogen-bond acceptors (Lipinski definition) is 22. The van der Waals surface area contributed by atoms with Crippen LogP contribution in [0.2, 0.25) is 0 Å². The molecule has 551 valence electrons. The minimum atomic E-state index is -1.70. The van der Waals surface area contributed by atoms with Crippen molar-refractivity contribution in [1.82, 2.24) is 73.0 Å². The Morgan fingerprint density at radius 1 is 0.663 bits per heavy atom. The topological polar surface area (TPSA) is 545 Å². The number of likely N-dealkylation sites (tertiary alicyclic amines) is 1. The molecule has 1 unspecified atom stereocenters. The van der Waals surface area contributed by atoms with Crippen molar-refractivity contribution in [3.05, 3.63) is 95.5 Å². The molecule has 0 spiro atoms. The normalized spacial score (nSPS) is 15.6. The Morgan fingerprint density at radius 3 is 1.83 bits per heavy atom. The quantitative estimate of drug-likeness (QED) is 0.0114. The van der Waals surface area contributed by atoms with E-state index < -0.39 is 174 Å². The number of para-hydroxylation sites is 1. The number of amides is 12. The van der Waals surface area contributed by atoms with Crippen LogP contribution < -0.4 is 76.1 Å². The number of nitrogens with two attached hydrogens (primary N) is 4. The van der Waals surface area contributed by atoms with Gasteiger partial charge in [-0.3, -0.25) is 62.9 Å². The second-order valence-corrected chi connectivity index (χ2v) is 25.0. The molecule has 101 heavy (non-hydrogen) atoms. The first kappa shape index (κ1) is 85.1. The Morgan fingerprint density at radius 2 is 1.24 bits per heavy atom. The second kappa shape index (κ2) is 44.1. The van der Waals surface area contributed by atoms with Gasteiger partial charge < -0.3 is 139 Å². The number of imidazole rings is 1. The van der Waals surface area contributed by atoms with Gasteiger partial charge in [0.25, 0.3) is 0 Å². The number of benzene rings is 2. The number of nitrogens with one attached hydrogen (secondary N) is 12. The molecule has 1 fully saturated rings. The molecule has 1 aliphatic heterocycles. The first-order chi connectivity index (χ1) is 48.2. The van der Waals surface area contributed by atoms with Gasteiger partial charge in [-0.2, -0.15) is 11.5 Å². The number of carbonyl (C=O) groups is 13. The summed E-state index contributed by atoms with van der Waals surface area (Å²) in [6.07, 6.45) is 3.06. The maximum absolute atomic E-state index is 15.1. The van der Waals surface area contributed by atoms with Crippen molar-refractivity contribution < 1.29 is 89.8 Å². The number of H-pyrrole nitrogens is 2. The van der Waals surface area contributed by atoms with Gasteiger partial charge in [0, 0.05) is 67.8 Å². The van der Waals surface area contributed by atoms with Crippen LogP contribution in [0.5, 0.6) is 0 Å². The summed E-state index contributed by atoms with van der Waals surface area (Å²) in [7, 11) is 0. The molecule has 11 atom stereocenters. The molecular formula is C63H89N19O15S3Tc. The minimum absolute atomic E-state index is 0.0801. The molecule has 1 saturated heterocycles. The first-order valence-corrected chi connectivity index (χ1v) is 34.9. The molecule has 0 bridgehead atoms. The van der Waals surface area contributed by atoms with Crippen LogP contribution in [-0.4, -0.2) is 205 Å². The fourth-order valence-electron chi connectivity index (χ4n) is 10.8. The van der Waals surface area contributed by atoms with E-state index in [0.717, 1.165) is 25.8 Å². The Hall–Kier alpha value is -8.36. The summed E-state index contributed by atoms with van der Waals surface area (Å²) in [5.74, 6) is -13.4. The van der Waals surface area contributed by atoms with Crippen LogP contribution in [0.1, 0.15) is 101 Å². The fraction of sp³-hybridized carbons (Fsp3) is 0.524. The number of unbranched alkanes of at least 4 members (excludes halogenated alkanes) is 1. The summed E-state index contributed by atoms with van der Waals surface area (Å²) in [5.41, 5.74) is 24.6. The third-order valence-corrected chi connectivity index (χ3v) is 17.0. The van der Waals surface area contributed by atoms with E-state index in [0.29, 0.717) is 35.7 Å². The van der Waals surface area contributed by atoms with Gasteiger partial charge in [0.1, 0.15) is 54.6 Å². The third-order valence-electron chi connectivity index (χ3n) is 16.0. The van der Waals surface area contributed by atoms with E-state index >= 15 is 9.59 Å². The van der Waals surface area contributed by atoms with Crippen molar-refractivity contribution in [3.8, 4) is 0 Å². The summed E-state index contributed by atoms with van der Waals surface area (Å²) in [5, 5.41) is 40.4. The molecule has 1 aliphatic rings. The van der Waals surface area contributed by atoms with Gasteiger partial charge in [0.05, 0.1) is 18.3 Å². The Balaban J connectivity index is 0.0000107. The van der Waals surface area contributed by atoms with Crippen molar-refractivity contribution in [1.29, 1.82) is 0 Å². The molecule has 5 rings (SSSR count). The number of carboxylic acids is 1. The zero-order valence-electron chi connectivity index (χ0n) is 55.9. The molecule has 0 radical (unpaired) electrons. The number of aliphatic carboxylic acids is 1. The molecule has 34 nitrogen and oxygen atoms in total. The molecule has 38 heteroatoms. The van der Waals surface area contributed by atoms with Crippen LogP contribution >= 0.6 is 0 Å². The number of aromatic nitrogens is 3. The average Bonchev–Trinajstić information content (AvgIpc) is 1.75. The van der Waals surface area contributed by atoms with Crippen molar-refractivity contribution >= 4 is 126 Å². The fourth-order valence-corrected chi connectivity index (χ4v) is 11.5. The van der Waals surface area contributed by atoms with E-state index in [1.807, 2.05) is 0 Å². The number of primary amides is 1. The van der Waals surface area contributed by atoms with Crippen LogP contribution in [0.15, 0.2) is 73.3 Å². The number of nitrogens with zero attached hydrogens (tertiary/aromatic N) is 3. The van der Waals surface area contributed by atoms with Gasteiger partial charge in [-0.1, -0.05) is 68.4 Å². The number of rotatable bonds is 42. The number of carbonyl (C=O) groups excluding carboxylic acids is 12. The SMILES string of the molecule is CC(=O)N[C@H](C[S-])C(=O)[N-][C@H](C[S-])C(=O)N[C@@H](CCC(=O)O)C(=O)N[C@@H](Cc1cnc[nH]1)C(=O)N[C@H](C(=O)N[C@@H](CCCNC(N)N)C(=O)N[C@@H](Cc1c[nH]c2ccccc12)C(=O)N[C@@H](C[S-])C(=O)N[C@@H](CCCCN)C(=O)N1CCCC1C(=O)N[C@H](C(N)=O)C(C)C)c1ccccc1.[O]=[99Tc+4]. The summed E-state index contributed by atoms with van der Waals surface area (Å²) in [6, 6.07) is -0.814. The van der Waals surface area contributed by atoms with E-state index in [4.69, 9.17) is 64.3 Å². The number of hydrogen-bond donors (Lipinski definition) is 17. The van der Waals surface area contributed by atoms with Crippen molar-refractivity contribution in [3.63, 3.8) is 0 Å². The van der Waals surface area contributed by atoms with Crippen molar-refractivity contribution in [2.24, 2.45) is 28.9 Å². The summed E-state index contributed by atoms with van der Waals surface area (Å²) >= 11 is 16.4. The molecule has 3 heterocycles. The van der Waals surface area contributed by atoms with Crippen molar-refractivity contribution in [2.75, 3.05) is 36.9 Å². The second-order valence-electron chi connectivity index (χ2n) is 24.0. The van der Waals surface area contributed by atoms with Gasteiger partial charge in [-0.15, -0.1) is 5.75 Å². The number of fused-ring (bicyclic) bond motifs is 1. The molecule has 0 aliphatic carbocycles. The first-order valence-electron chi connectivity index (χ1n) is 32.4. The molecule has 12 amide bonds. The van der Waals surface area contributed by atoms with Gasteiger partial charge in [-0.25, -0.2) is 4.98 Å². The predicted molar refractivity (Wildman–Crippen MR) is 370 cm³/mol. The zero-order chi connectivity index (χ0) is 74.9. The zero-order valence-corrected chi connectivity index (χ0v) is 60.2. The van der Waals surface area contributed by atoms with Crippen LogP contribution in [0.4, 0.5) is 0 Å². The summed E-state index contributed by atoms with van der Waals surface area (Å²) in [4.78, 5) is 190. The van der Waals surface area contributed by atoms with Crippen molar-refractivity contribution in [2.45, 2.75) is 164 Å². The predicted octanol–water partition coefficient (Wildman–Crippen LogP) is -4.08. The van der Waals surface area contributed by atoms with Gasteiger partial charge >= 0.3 is 28.3 Å². The average molecular weight is 1550 g/mol. The van der Waals surface area contributed by atoms with E-state index in [1.54, 1.807) is 62.5 Å². The molecule has 0 saturated carbocycles. The monoisotopic (exact) mass is 1550 g/mol. The van der Waals surface area contributed by atoms with Crippen LogP contribution in [0, 0.1) is 5.92 Å². The van der Waals surface area contributed by atoms with E-state index in [9.17, 15) is 57.8 Å². The molecule has 21 N–H and O–H groups in total. The molecule has 4 aromatic rings. The summed E-state index contributed by atoms with van der Waals surface area (Å²) < 4.78 is 8.22. The Bertz CT molecular complexity index is 3430. The van der Waals surface area contributed by atoms with Crippen LogP contribution in [-0.2, 0) is 135 Å². The van der Waals surface area contributed by atoms with Gasteiger partial charge in [0.2, 0.25) is 65.0 Å². The molecular weight excluding hydrogens is 1460 g/mol. The summed E-state index contributed by atoms with van der Waals surface area (Å²) in [6.45, 7) is 5.08. The molecule has 2 aromatic heterocycles. The molecule has 2 aromatic carbocycles. The van der Waals surface area contributed by atoms with E-state index in [-0.39, 0.29) is 81.1 Å². The van der Waals surface area contributed by atoms with Gasteiger partial charge in [0.15, 0.2) is 0 Å². The Kier molecular flexibility index (Phi) is 37.1. The Labute approximate surface area is 610 Å². The number of aromatic amines is 2. The standard InChI is InChI=1S/C63H93N19O14S3.O.Tc/c1-33(2)50(52(65)86)80-60(94)48-19-12-24-82(48)62(96)42(17-9-10-22-64)75-59(93)47(31-99)78-55(89)43(25-36-27-70-39-16-8-7-15-38(36)39)76-53(87)40(18-11-23-69-63(66)67)74-61(95)51(35-13-5-4-6-14-35)81-56(90)44(26-37-28-68-32-71-37)77-54(88)41(20-21-49(84)85)73-58(92)46(30-98)79-57(91)45(29-97)72-34(3)83;;/h4-8,13-16,27-28,32-33,40-48,50-51,63,69-70H,9-12,17-26,29-31,64,66-67H2,1-3H3,(H17,65,68,71,72,73,74,75,76,77,78,79,80,81,83,84,85,86,87,88,89,90,91,92,93,94,95,97,98,99);;/q;;+4/p-4/t40-,41-,42-,43-,44-,45+,46+,47-,48?,50-,51-;;/m0../s1/i;;1+1. The van der Waals surface area contributed by atoms with Crippen LogP contribution in [0.25, 0.3) is 16.2 Å². The number of carboxylic acid groups (broad SMARTS) is 1. The van der Waals surface area contributed by atoms with Gasteiger partial charge in [-0.05, 0) is 87.6 Å². The van der Waals surface area contributed by atoms with E-state index in [1.165, 1.54) is 29.6 Å². The van der Waals surface area contributed by atoms with E-state index in [2.05, 4.69) is 73.4 Å².